The van der Waals surface area contributed by atoms with Crippen LogP contribution in [0.4, 0.5) is 0 Å². The first-order valence-corrected chi connectivity index (χ1v) is 4.10. The maximum absolute atomic E-state index is 4.14. The van der Waals surface area contributed by atoms with Crippen LogP contribution in [0, 0.1) is 0 Å². The van der Waals surface area contributed by atoms with Gasteiger partial charge in [-0.15, -0.1) is 0 Å². The van der Waals surface area contributed by atoms with Crippen LogP contribution >= 0.6 is 0 Å². The third-order valence-electron chi connectivity index (χ3n) is 1.50. The third-order valence-corrected chi connectivity index (χ3v) is 1.50. The minimum Gasteiger partial charge on any atom is -0.334 e. The van der Waals surface area contributed by atoms with E-state index in [1.807, 2.05) is 37.7 Å². The minimum atomic E-state index is 0.933. The van der Waals surface area contributed by atoms with Crippen molar-refractivity contribution >= 4 is 11.2 Å². The molecule has 0 amide bonds. The Labute approximate surface area is 72.1 Å². The third kappa shape index (κ3) is 1.44. The van der Waals surface area contributed by atoms with Gasteiger partial charge in [0.25, 0.3) is 0 Å². The molecule has 2 heterocycles. The second-order valence-corrected chi connectivity index (χ2v) is 2.19. The van der Waals surface area contributed by atoms with Gasteiger partial charge in [0, 0.05) is 25.6 Å². The highest BCUT2D eigenvalue weighted by atomic mass is 15.0. The molecular formula is C9H13N3. The molecule has 3 nitrogen and oxygen atoms in total. The molecule has 0 radical (unpaired) electrons. The summed E-state index contributed by atoms with van der Waals surface area (Å²) in [5.74, 6) is 0. The summed E-state index contributed by atoms with van der Waals surface area (Å²) in [7, 11) is 1.96. The van der Waals surface area contributed by atoms with Crippen molar-refractivity contribution < 1.29 is 0 Å². The number of fused-ring (bicyclic) bond motifs is 1. The predicted octanol–water partition coefficient (Wildman–Crippen LogP) is 1.99. The van der Waals surface area contributed by atoms with Crippen LogP contribution in [-0.4, -0.2) is 14.5 Å². The molecule has 0 unspecified atom stereocenters. The highest BCUT2D eigenvalue weighted by molar-refractivity contribution is 5.70. The van der Waals surface area contributed by atoms with Gasteiger partial charge in [-0.2, -0.15) is 0 Å². The van der Waals surface area contributed by atoms with Crippen LogP contribution in [0.1, 0.15) is 13.8 Å². The highest BCUT2D eigenvalue weighted by Crippen LogP contribution is 2.05. The van der Waals surface area contributed by atoms with E-state index in [0.29, 0.717) is 0 Å². The maximum atomic E-state index is 4.14. The molecule has 2 aromatic rings. The number of nitrogens with zero attached hydrogens (tertiary/aromatic N) is 3. The van der Waals surface area contributed by atoms with E-state index in [0.717, 1.165) is 11.2 Å². The van der Waals surface area contributed by atoms with E-state index in [1.165, 1.54) is 0 Å². The molecule has 12 heavy (non-hydrogen) atoms. The lowest BCUT2D eigenvalue weighted by molar-refractivity contribution is 0.946. The average molecular weight is 163 g/mol. The number of aryl methyl sites for hydroxylation is 1. The zero-order valence-electron chi connectivity index (χ0n) is 7.65. The summed E-state index contributed by atoms with van der Waals surface area (Å²) < 4.78 is 1.95. The first-order valence-electron chi connectivity index (χ1n) is 4.10. The minimum absolute atomic E-state index is 0.933. The molecule has 0 aliphatic rings. The first-order chi connectivity index (χ1) is 5.88. The molecule has 0 spiro atoms. The molecule has 0 fully saturated rings. The van der Waals surface area contributed by atoms with Gasteiger partial charge in [-0.1, -0.05) is 13.8 Å². The van der Waals surface area contributed by atoms with Crippen LogP contribution in [-0.2, 0) is 7.05 Å². The Morgan fingerprint density at radius 3 is 2.50 bits per heavy atom. The van der Waals surface area contributed by atoms with Crippen LogP contribution in [0.15, 0.2) is 24.7 Å². The molecule has 3 heteroatoms. The van der Waals surface area contributed by atoms with Crippen molar-refractivity contribution in [1.29, 1.82) is 0 Å². The Kier molecular flexibility index (Phi) is 2.80. The van der Waals surface area contributed by atoms with Crippen molar-refractivity contribution in [2.45, 2.75) is 13.8 Å². The van der Waals surface area contributed by atoms with Crippen LogP contribution in [0.3, 0.4) is 0 Å². The lowest BCUT2D eigenvalue weighted by Crippen LogP contribution is -1.87. The van der Waals surface area contributed by atoms with E-state index < -0.39 is 0 Å². The van der Waals surface area contributed by atoms with E-state index in [4.69, 9.17) is 0 Å². The molecule has 0 atom stereocenters. The molecule has 2 aromatic heterocycles. The number of aromatic nitrogens is 3. The second kappa shape index (κ2) is 3.85. The smallest absolute Gasteiger partial charge is 0.158 e. The van der Waals surface area contributed by atoms with E-state index in [2.05, 4.69) is 9.97 Å². The predicted molar refractivity (Wildman–Crippen MR) is 49.9 cm³/mol. The molecule has 0 bridgehead atoms. The quantitative estimate of drug-likeness (QED) is 0.594. The summed E-state index contributed by atoms with van der Waals surface area (Å²) >= 11 is 0. The van der Waals surface area contributed by atoms with Crippen LogP contribution < -0.4 is 0 Å². The molecule has 0 N–H and O–H groups in total. The van der Waals surface area contributed by atoms with Gasteiger partial charge in [-0.3, -0.25) is 4.98 Å². The van der Waals surface area contributed by atoms with Crippen molar-refractivity contribution in [3.05, 3.63) is 24.7 Å². The molecule has 0 aliphatic carbocycles. The Hall–Kier alpha value is -1.38. The van der Waals surface area contributed by atoms with Gasteiger partial charge in [0.05, 0.1) is 0 Å². The Morgan fingerprint density at radius 2 is 1.83 bits per heavy atom. The maximum Gasteiger partial charge on any atom is 0.158 e. The number of hydrogen-bond acceptors (Lipinski definition) is 2. The summed E-state index contributed by atoms with van der Waals surface area (Å²) in [6.07, 6.45) is 5.34. The summed E-state index contributed by atoms with van der Waals surface area (Å²) in [5, 5.41) is 0. The molecular weight excluding hydrogens is 150 g/mol. The molecule has 2 rings (SSSR count). The normalized spacial score (nSPS) is 9.25. The van der Waals surface area contributed by atoms with Gasteiger partial charge < -0.3 is 4.57 Å². The second-order valence-electron chi connectivity index (χ2n) is 2.19. The first kappa shape index (κ1) is 8.71. The molecule has 0 aromatic carbocycles. The molecule has 0 saturated carbocycles. The van der Waals surface area contributed by atoms with E-state index in [9.17, 15) is 0 Å². The topological polar surface area (TPSA) is 30.7 Å². The van der Waals surface area contributed by atoms with Crippen molar-refractivity contribution in [3.8, 4) is 0 Å². The fraction of sp³-hybridized carbons (Fsp3) is 0.333. The lowest BCUT2D eigenvalue weighted by Gasteiger charge is -1.90. The summed E-state index contributed by atoms with van der Waals surface area (Å²) in [6, 6.07) is 1.95. The fourth-order valence-corrected chi connectivity index (χ4v) is 0.984. The standard InChI is InChI=1S/C7H7N3.C2H6/c1-10-5-2-6-7(10)9-4-3-8-6;1-2/h2-5H,1H3;1-2H3. The average Bonchev–Trinajstić information content (AvgIpc) is 2.53. The van der Waals surface area contributed by atoms with Gasteiger partial charge in [-0.05, 0) is 6.07 Å². The van der Waals surface area contributed by atoms with Crippen LogP contribution in [0.2, 0.25) is 0 Å². The Balaban J connectivity index is 0.000000336. The van der Waals surface area contributed by atoms with Gasteiger partial charge in [0.15, 0.2) is 5.65 Å². The van der Waals surface area contributed by atoms with Crippen LogP contribution in [0.25, 0.3) is 11.2 Å². The van der Waals surface area contributed by atoms with E-state index >= 15 is 0 Å². The summed E-state index contributed by atoms with van der Waals surface area (Å²) in [4.78, 5) is 8.26. The summed E-state index contributed by atoms with van der Waals surface area (Å²) in [6.45, 7) is 4.00. The Bertz CT molecular complexity index is 351. The Morgan fingerprint density at radius 1 is 1.17 bits per heavy atom. The van der Waals surface area contributed by atoms with Crippen molar-refractivity contribution in [1.82, 2.24) is 14.5 Å². The van der Waals surface area contributed by atoms with Gasteiger partial charge in [0.2, 0.25) is 0 Å². The zero-order valence-corrected chi connectivity index (χ0v) is 7.65. The zero-order chi connectivity index (χ0) is 8.97. The van der Waals surface area contributed by atoms with Crippen LogP contribution in [0.5, 0.6) is 0 Å². The van der Waals surface area contributed by atoms with Crippen molar-refractivity contribution in [3.63, 3.8) is 0 Å². The van der Waals surface area contributed by atoms with Gasteiger partial charge >= 0.3 is 0 Å². The van der Waals surface area contributed by atoms with Crippen molar-refractivity contribution in [2.75, 3.05) is 0 Å². The number of hydrogen-bond donors (Lipinski definition) is 0. The van der Waals surface area contributed by atoms with E-state index in [1.54, 1.807) is 12.4 Å². The molecule has 64 valence electrons. The number of rotatable bonds is 0. The summed E-state index contributed by atoms with van der Waals surface area (Å²) in [5.41, 5.74) is 1.88. The fourth-order valence-electron chi connectivity index (χ4n) is 0.984. The SMILES string of the molecule is CC.Cn1ccc2nccnc21. The highest BCUT2D eigenvalue weighted by Gasteiger charge is 1.95. The monoisotopic (exact) mass is 163 g/mol. The molecule has 0 saturated heterocycles. The lowest BCUT2D eigenvalue weighted by atomic mass is 10.5. The molecule has 0 aliphatic heterocycles. The van der Waals surface area contributed by atoms with E-state index in [-0.39, 0.29) is 0 Å². The van der Waals surface area contributed by atoms with Gasteiger partial charge in [0.1, 0.15) is 5.52 Å². The van der Waals surface area contributed by atoms with Gasteiger partial charge in [-0.25, -0.2) is 4.98 Å². The van der Waals surface area contributed by atoms with Crippen molar-refractivity contribution in [2.24, 2.45) is 7.05 Å². The largest absolute Gasteiger partial charge is 0.334 e.